The molecule has 2 aromatic carbocycles. The van der Waals surface area contributed by atoms with Crippen molar-refractivity contribution in [1.29, 1.82) is 0 Å². The summed E-state index contributed by atoms with van der Waals surface area (Å²) in [6.45, 7) is 0. The average Bonchev–Trinajstić information content (AvgIpc) is 3.29. The number of thiazole rings is 1. The summed E-state index contributed by atoms with van der Waals surface area (Å²) in [7, 11) is 0. The predicted molar refractivity (Wildman–Crippen MR) is 91.5 cm³/mol. The normalized spacial score (nSPS) is 11.5. The van der Waals surface area contributed by atoms with Crippen molar-refractivity contribution in [3.8, 4) is 22.5 Å². The minimum absolute atomic E-state index is 0.269. The molecule has 6 heteroatoms. The molecule has 0 atom stereocenters. The van der Waals surface area contributed by atoms with Crippen LogP contribution >= 0.6 is 11.3 Å². The maximum atomic E-state index is 13.3. The van der Waals surface area contributed by atoms with Crippen LogP contribution in [0.5, 0.6) is 0 Å². The quantitative estimate of drug-likeness (QED) is 0.455. The maximum absolute atomic E-state index is 13.3. The fourth-order valence-electron chi connectivity index (χ4n) is 2.87. The SMILES string of the molecule is Fc1ccc(-c2nc3occn3c2-c2ccc3ncsc3c2)cc1. The molecule has 0 aliphatic rings. The van der Waals surface area contributed by atoms with Crippen LogP contribution in [0.25, 0.3) is 38.6 Å². The van der Waals surface area contributed by atoms with Gasteiger partial charge in [0.2, 0.25) is 0 Å². The first kappa shape index (κ1) is 13.4. The molecule has 4 nitrogen and oxygen atoms in total. The largest absolute Gasteiger partial charge is 0.432 e. The first-order chi connectivity index (χ1) is 11.8. The van der Waals surface area contributed by atoms with Gasteiger partial charge in [0.25, 0.3) is 0 Å². The number of hydrogen-bond donors (Lipinski definition) is 0. The number of halogens is 1. The van der Waals surface area contributed by atoms with Gasteiger partial charge in [0.15, 0.2) is 0 Å². The van der Waals surface area contributed by atoms with Crippen molar-refractivity contribution in [2.24, 2.45) is 0 Å². The summed E-state index contributed by atoms with van der Waals surface area (Å²) in [5.41, 5.74) is 6.34. The third-order valence-corrected chi connectivity index (χ3v) is 4.78. The number of aromatic nitrogens is 3. The summed E-state index contributed by atoms with van der Waals surface area (Å²) in [6, 6.07) is 12.4. The van der Waals surface area contributed by atoms with E-state index in [9.17, 15) is 4.39 Å². The summed E-state index contributed by atoms with van der Waals surface area (Å²) in [5, 5.41) is 0. The molecule has 0 unspecified atom stereocenters. The van der Waals surface area contributed by atoms with Crippen molar-refractivity contribution in [2.45, 2.75) is 0 Å². The maximum Gasteiger partial charge on any atom is 0.306 e. The fraction of sp³-hybridized carbons (Fsp3) is 0. The molecular formula is C18H10FN3OS. The van der Waals surface area contributed by atoms with E-state index in [2.05, 4.69) is 16.0 Å². The Hall–Kier alpha value is -2.99. The Bertz CT molecular complexity index is 1170. The van der Waals surface area contributed by atoms with Crippen LogP contribution in [-0.4, -0.2) is 14.4 Å². The van der Waals surface area contributed by atoms with E-state index in [0.29, 0.717) is 5.84 Å². The lowest BCUT2D eigenvalue weighted by Crippen LogP contribution is -1.88. The Labute approximate surface area is 139 Å². The van der Waals surface area contributed by atoms with Crippen molar-refractivity contribution in [1.82, 2.24) is 14.4 Å². The number of imidazole rings is 1. The predicted octanol–water partition coefficient (Wildman–Crippen LogP) is 5.01. The zero-order valence-electron chi connectivity index (χ0n) is 12.3. The van der Waals surface area contributed by atoms with Crippen molar-refractivity contribution in [3.63, 3.8) is 0 Å². The molecular weight excluding hydrogens is 325 g/mol. The van der Waals surface area contributed by atoms with E-state index in [-0.39, 0.29) is 5.82 Å². The highest BCUT2D eigenvalue weighted by Gasteiger charge is 2.18. The third kappa shape index (κ3) is 1.97. The minimum atomic E-state index is -0.269. The highest BCUT2D eigenvalue weighted by atomic mass is 32.1. The standard InChI is InChI=1S/C18H10FN3OS/c19-13-4-1-11(2-5-13)16-17(22-7-8-23-18(22)21-16)12-3-6-14-15(9-12)24-10-20-14/h1-10H. The van der Waals surface area contributed by atoms with E-state index in [1.807, 2.05) is 28.2 Å². The molecule has 0 saturated heterocycles. The second-order valence-electron chi connectivity index (χ2n) is 5.41. The Kier molecular flexibility index (Phi) is 2.80. The van der Waals surface area contributed by atoms with Gasteiger partial charge in [-0.3, -0.25) is 4.40 Å². The number of fused-ring (bicyclic) bond motifs is 2. The summed E-state index contributed by atoms with van der Waals surface area (Å²) < 4.78 is 21.7. The van der Waals surface area contributed by atoms with E-state index < -0.39 is 0 Å². The number of oxazole rings is 1. The molecule has 0 amide bonds. The monoisotopic (exact) mass is 335 g/mol. The fourth-order valence-corrected chi connectivity index (χ4v) is 3.59. The molecule has 3 heterocycles. The zero-order chi connectivity index (χ0) is 16.1. The molecule has 0 saturated carbocycles. The van der Waals surface area contributed by atoms with Gasteiger partial charge < -0.3 is 4.42 Å². The summed E-state index contributed by atoms with van der Waals surface area (Å²) in [4.78, 5) is 8.90. The van der Waals surface area contributed by atoms with E-state index in [1.165, 1.54) is 12.1 Å². The number of rotatable bonds is 2. The van der Waals surface area contributed by atoms with Crippen LogP contribution in [0.1, 0.15) is 0 Å². The van der Waals surface area contributed by atoms with Crippen LogP contribution in [0.15, 0.2) is 64.9 Å². The van der Waals surface area contributed by atoms with Crippen molar-refractivity contribution in [3.05, 3.63) is 66.3 Å². The van der Waals surface area contributed by atoms with Gasteiger partial charge in [-0.25, -0.2) is 9.37 Å². The summed E-state index contributed by atoms with van der Waals surface area (Å²) in [5.74, 6) is 0.239. The van der Waals surface area contributed by atoms with E-state index >= 15 is 0 Å². The van der Waals surface area contributed by atoms with Gasteiger partial charge in [-0.2, -0.15) is 4.98 Å². The van der Waals surface area contributed by atoms with E-state index in [1.54, 1.807) is 29.7 Å². The third-order valence-electron chi connectivity index (χ3n) is 3.98. The lowest BCUT2D eigenvalue weighted by molar-refractivity contribution is 0.596. The Balaban J connectivity index is 1.80. The second kappa shape index (κ2) is 5.01. The van der Waals surface area contributed by atoms with E-state index in [4.69, 9.17) is 4.42 Å². The smallest absolute Gasteiger partial charge is 0.306 e. The molecule has 24 heavy (non-hydrogen) atoms. The molecule has 0 aliphatic heterocycles. The van der Waals surface area contributed by atoms with Crippen LogP contribution in [0.2, 0.25) is 0 Å². The Morgan fingerprint density at radius 1 is 1.04 bits per heavy atom. The van der Waals surface area contributed by atoms with Crippen LogP contribution < -0.4 is 0 Å². The Morgan fingerprint density at radius 3 is 2.75 bits per heavy atom. The highest BCUT2D eigenvalue weighted by molar-refractivity contribution is 7.16. The molecule has 5 aromatic rings. The number of benzene rings is 2. The molecule has 0 N–H and O–H groups in total. The number of hydrogen-bond acceptors (Lipinski definition) is 4. The van der Waals surface area contributed by atoms with Crippen molar-refractivity contribution >= 4 is 27.4 Å². The van der Waals surface area contributed by atoms with Crippen LogP contribution in [0.3, 0.4) is 0 Å². The lowest BCUT2D eigenvalue weighted by atomic mass is 10.0. The molecule has 116 valence electrons. The van der Waals surface area contributed by atoms with Gasteiger partial charge in [0.05, 0.1) is 21.4 Å². The van der Waals surface area contributed by atoms with Crippen LogP contribution in [0, 0.1) is 5.82 Å². The van der Waals surface area contributed by atoms with Crippen molar-refractivity contribution in [2.75, 3.05) is 0 Å². The molecule has 0 spiro atoms. The molecule has 0 radical (unpaired) electrons. The zero-order valence-corrected chi connectivity index (χ0v) is 13.1. The first-order valence-electron chi connectivity index (χ1n) is 7.35. The van der Waals surface area contributed by atoms with E-state index in [0.717, 1.165) is 32.7 Å². The second-order valence-corrected chi connectivity index (χ2v) is 6.29. The van der Waals surface area contributed by atoms with Gasteiger partial charge in [-0.15, -0.1) is 11.3 Å². The van der Waals surface area contributed by atoms with Gasteiger partial charge in [0.1, 0.15) is 17.8 Å². The first-order valence-corrected chi connectivity index (χ1v) is 8.23. The summed E-state index contributed by atoms with van der Waals surface area (Å²) in [6.07, 6.45) is 3.44. The average molecular weight is 335 g/mol. The molecule has 0 fully saturated rings. The minimum Gasteiger partial charge on any atom is -0.432 e. The van der Waals surface area contributed by atoms with Gasteiger partial charge >= 0.3 is 5.84 Å². The molecule has 0 bridgehead atoms. The topological polar surface area (TPSA) is 43.3 Å². The Morgan fingerprint density at radius 2 is 1.88 bits per heavy atom. The van der Waals surface area contributed by atoms with Crippen LogP contribution in [-0.2, 0) is 0 Å². The van der Waals surface area contributed by atoms with Crippen molar-refractivity contribution < 1.29 is 8.81 Å². The molecule has 0 aliphatic carbocycles. The van der Waals surface area contributed by atoms with Gasteiger partial charge in [-0.1, -0.05) is 6.07 Å². The molecule has 5 rings (SSSR count). The van der Waals surface area contributed by atoms with Gasteiger partial charge in [0, 0.05) is 17.3 Å². The van der Waals surface area contributed by atoms with Gasteiger partial charge in [-0.05, 0) is 36.4 Å². The molecule has 3 aromatic heterocycles. The lowest BCUT2D eigenvalue weighted by Gasteiger charge is -2.05. The highest BCUT2D eigenvalue weighted by Crippen LogP contribution is 2.35. The summed E-state index contributed by atoms with van der Waals surface area (Å²) >= 11 is 1.60. The van der Waals surface area contributed by atoms with Crippen LogP contribution in [0.4, 0.5) is 4.39 Å². The number of nitrogens with zero attached hydrogens (tertiary/aromatic N) is 3.